The minimum atomic E-state index is -3.56. The molecular weight excluding hydrogens is 274 g/mol. The highest BCUT2D eigenvalue weighted by atomic mass is 32.2. The van der Waals surface area contributed by atoms with Gasteiger partial charge in [0.2, 0.25) is 0 Å². The van der Waals surface area contributed by atoms with Gasteiger partial charge in [0.1, 0.15) is 5.75 Å². The molecule has 0 aliphatic rings. The Labute approximate surface area is 119 Å². The highest BCUT2D eigenvalue weighted by Crippen LogP contribution is 2.24. The summed E-state index contributed by atoms with van der Waals surface area (Å²) in [6.07, 6.45) is 0. The number of hydrogen-bond acceptors (Lipinski definition) is 3. The minimum absolute atomic E-state index is 0.238. The zero-order valence-electron chi connectivity index (χ0n) is 11.7. The van der Waals surface area contributed by atoms with Crippen LogP contribution in [0.1, 0.15) is 5.56 Å². The van der Waals surface area contributed by atoms with Gasteiger partial charge in [-0.15, -0.1) is 0 Å². The van der Waals surface area contributed by atoms with Gasteiger partial charge in [-0.2, -0.15) is 0 Å². The van der Waals surface area contributed by atoms with E-state index in [9.17, 15) is 8.42 Å². The van der Waals surface area contributed by atoms with Crippen molar-refractivity contribution in [2.75, 3.05) is 18.5 Å². The molecule has 0 amide bonds. The Hall–Kier alpha value is -2.01. The molecule has 2 rings (SSSR count). The highest BCUT2D eigenvalue weighted by Gasteiger charge is 2.21. The van der Waals surface area contributed by atoms with Crippen LogP contribution in [0.3, 0.4) is 0 Å². The van der Waals surface area contributed by atoms with Crippen molar-refractivity contribution >= 4 is 15.7 Å². The summed E-state index contributed by atoms with van der Waals surface area (Å²) in [6, 6.07) is 13.7. The van der Waals surface area contributed by atoms with Gasteiger partial charge >= 0.3 is 0 Å². The molecule has 0 bridgehead atoms. The number of benzene rings is 2. The van der Waals surface area contributed by atoms with Crippen LogP contribution in [0.2, 0.25) is 0 Å². The first-order valence-corrected chi connectivity index (χ1v) is 7.59. The summed E-state index contributed by atoms with van der Waals surface area (Å²) < 4.78 is 31.4. The zero-order valence-corrected chi connectivity index (χ0v) is 12.5. The smallest absolute Gasteiger partial charge is 0.264 e. The van der Waals surface area contributed by atoms with Gasteiger partial charge < -0.3 is 4.74 Å². The van der Waals surface area contributed by atoms with E-state index in [0.717, 1.165) is 5.56 Å². The maximum absolute atomic E-state index is 12.5. The Morgan fingerprint density at radius 1 is 1.05 bits per heavy atom. The van der Waals surface area contributed by atoms with Crippen LogP contribution in [0, 0.1) is 6.92 Å². The molecule has 0 spiro atoms. The predicted molar refractivity (Wildman–Crippen MR) is 79.8 cm³/mol. The van der Waals surface area contributed by atoms with E-state index in [4.69, 9.17) is 4.74 Å². The molecule has 0 aliphatic carbocycles. The fourth-order valence-corrected chi connectivity index (χ4v) is 3.06. The maximum atomic E-state index is 12.5. The van der Waals surface area contributed by atoms with Crippen LogP contribution in [0.5, 0.6) is 5.75 Å². The van der Waals surface area contributed by atoms with Crippen molar-refractivity contribution in [2.24, 2.45) is 0 Å². The molecule has 0 N–H and O–H groups in total. The van der Waals surface area contributed by atoms with E-state index in [1.54, 1.807) is 44.5 Å². The molecule has 0 saturated carbocycles. The Balaban J connectivity index is 2.38. The molecule has 0 heterocycles. The molecule has 2 aromatic rings. The Morgan fingerprint density at radius 2 is 1.70 bits per heavy atom. The molecule has 5 heteroatoms. The second kappa shape index (κ2) is 5.54. The van der Waals surface area contributed by atoms with E-state index in [1.165, 1.54) is 4.31 Å². The number of hydrogen-bond donors (Lipinski definition) is 0. The van der Waals surface area contributed by atoms with Crippen LogP contribution in [-0.4, -0.2) is 22.6 Å². The Bertz CT molecular complexity index is 693. The lowest BCUT2D eigenvalue weighted by molar-refractivity contribution is 0.414. The number of nitrogens with zero attached hydrogens (tertiary/aromatic N) is 1. The van der Waals surface area contributed by atoms with Gasteiger partial charge in [-0.25, -0.2) is 8.42 Å². The first-order chi connectivity index (χ1) is 9.45. The van der Waals surface area contributed by atoms with Crippen LogP contribution >= 0.6 is 0 Å². The first-order valence-electron chi connectivity index (χ1n) is 6.15. The van der Waals surface area contributed by atoms with E-state index in [1.807, 2.05) is 25.1 Å². The number of sulfonamides is 1. The zero-order chi connectivity index (χ0) is 14.8. The largest absolute Gasteiger partial charge is 0.497 e. The lowest BCUT2D eigenvalue weighted by atomic mass is 10.2. The maximum Gasteiger partial charge on any atom is 0.264 e. The fraction of sp³-hybridized carbons (Fsp3) is 0.200. The lowest BCUT2D eigenvalue weighted by Crippen LogP contribution is -2.26. The predicted octanol–water partition coefficient (Wildman–Crippen LogP) is 2.83. The van der Waals surface area contributed by atoms with Crippen molar-refractivity contribution in [1.29, 1.82) is 0 Å². The second-order valence-corrected chi connectivity index (χ2v) is 6.46. The second-order valence-electron chi connectivity index (χ2n) is 4.49. The van der Waals surface area contributed by atoms with Crippen molar-refractivity contribution in [1.82, 2.24) is 0 Å². The van der Waals surface area contributed by atoms with Gasteiger partial charge in [-0.05, 0) is 48.9 Å². The van der Waals surface area contributed by atoms with Crippen molar-refractivity contribution < 1.29 is 13.2 Å². The summed E-state index contributed by atoms with van der Waals surface area (Å²) in [5.41, 5.74) is 1.65. The molecule has 0 radical (unpaired) electrons. The van der Waals surface area contributed by atoms with E-state index >= 15 is 0 Å². The number of rotatable bonds is 4. The molecule has 0 aliphatic heterocycles. The van der Waals surface area contributed by atoms with Crippen LogP contribution in [-0.2, 0) is 10.0 Å². The fourth-order valence-electron chi connectivity index (χ4n) is 1.87. The van der Waals surface area contributed by atoms with Gasteiger partial charge in [-0.1, -0.05) is 12.1 Å². The SMILES string of the molecule is COc1ccc(S(=O)(=O)N(C)c2cccc(C)c2)cc1. The van der Waals surface area contributed by atoms with Crippen molar-refractivity contribution in [3.8, 4) is 5.75 Å². The molecular formula is C15H17NO3S. The summed E-state index contributed by atoms with van der Waals surface area (Å²) in [6.45, 7) is 1.93. The molecule has 2 aromatic carbocycles. The molecule has 0 atom stereocenters. The average Bonchev–Trinajstić information content (AvgIpc) is 2.46. The van der Waals surface area contributed by atoms with Gasteiger partial charge in [0.05, 0.1) is 17.7 Å². The van der Waals surface area contributed by atoms with Crippen LogP contribution in [0.4, 0.5) is 5.69 Å². The lowest BCUT2D eigenvalue weighted by Gasteiger charge is -2.20. The third-order valence-corrected chi connectivity index (χ3v) is 4.88. The third-order valence-electron chi connectivity index (χ3n) is 3.08. The molecule has 4 nitrogen and oxygen atoms in total. The average molecular weight is 291 g/mol. The number of methoxy groups -OCH3 is 1. The molecule has 106 valence electrons. The topological polar surface area (TPSA) is 46.6 Å². The van der Waals surface area contributed by atoms with Gasteiger partial charge in [0.25, 0.3) is 10.0 Å². The minimum Gasteiger partial charge on any atom is -0.497 e. The summed E-state index contributed by atoms with van der Waals surface area (Å²) >= 11 is 0. The van der Waals surface area contributed by atoms with Crippen molar-refractivity contribution in [3.63, 3.8) is 0 Å². The Kier molecular flexibility index (Phi) is 3.99. The monoisotopic (exact) mass is 291 g/mol. The summed E-state index contributed by atoms with van der Waals surface area (Å²) in [5, 5.41) is 0. The first kappa shape index (κ1) is 14.4. The molecule has 0 saturated heterocycles. The summed E-state index contributed by atoms with van der Waals surface area (Å²) in [4.78, 5) is 0.238. The van der Waals surface area contributed by atoms with Crippen LogP contribution in [0.15, 0.2) is 53.4 Å². The standard InChI is InChI=1S/C15H17NO3S/c1-12-5-4-6-13(11-12)16(2)20(17,18)15-9-7-14(19-3)8-10-15/h4-11H,1-3H3. The molecule has 0 aromatic heterocycles. The number of aryl methyl sites for hydroxylation is 1. The third kappa shape index (κ3) is 2.77. The molecule has 20 heavy (non-hydrogen) atoms. The van der Waals surface area contributed by atoms with Crippen molar-refractivity contribution in [3.05, 3.63) is 54.1 Å². The van der Waals surface area contributed by atoms with Crippen molar-refractivity contribution in [2.45, 2.75) is 11.8 Å². The highest BCUT2D eigenvalue weighted by molar-refractivity contribution is 7.92. The van der Waals surface area contributed by atoms with E-state index in [-0.39, 0.29) is 4.90 Å². The van der Waals surface area contributed by atoms with E-state index in [0.29, 0.717) is 11.4 Å². The number of anilines is 1. The van der Waals surface area contributed by atoms with Gasteiger partial charge in [-0.3, -0.25) is 4.31 Å². The van der Waals surface area contributed by atoms with Crippen LogP contribution < -0.4 is 9.04 Å². The number of ether oxygens (including phenoxy) is 1. The van der Waals surface area contributed by atoms with Gasteiger partial charge in [0, 0.05) is 7.05 Å². The molecule has 0 unspecified atom stereocenters. The van der Waals surface area contributed by atoms with E-state index < -0.39 is 10.0 Å². The molecule has 0 fully saturated rings. The van der Waals surface area contributed by atoms with Crippen LogP contribution in [0.25, 0.3) is 0 Å². The normalized spacial score (nSPS) is 11.2. The summed E-state index contributed by atoms with van der Waals surface area (Å²) in [5.74, 6) is 0.627. The van der Waals surface area contributed by atoms with E-state index in [2.05, 4.69) is 0 Å². The Morgan fingerprint density at radius 3 is 2.25 bits per heavy atom. The summed E-state index contributed by atoms with van der Waals surface area (Å²) in [7, 11) is -0.462. The van der Waals surface area contributed by atoms with Gasteiger partial charge in [0.15, 0.2) is 0 Å². The quantitative estimate of drug-likeness (QED) is 0.870.